The molecule has 4 heteroatoms. The zero-order chi connectivity index (χ0) is 14.5. The first-order chi connectivity index (χ1) is 9.63. The normalized spacial score (nSPS) is 10.4. The maximum absolute atomic E-state index is 9.13. The van der Waals surface area contributed by atoms with Crippen LogP contribution in [-0.4, -0.2) is 19.3 Å². The van der Waals surface area contributed by atoms with Crippen LogP contribution in [0.25, 0.3) is 0 Å². The van der Waals surface area contributed by atoms with Crippen molar-refractivity contribution in [2.45, 2.75) is 13.2 Å². The Bertz CT molecular complexity index is 586. The Morgan fingerprint density at radius 2 is 2.00 bits per heavy atom. The van der Waals surface area contributed by atoms with Crippen LogP contribution in [0, 0.1) is 0 Å². The van der Waals surface area contributed by atoms with E-state index in [2.05, 4.69) is 11.0 Å². The number of methoxy groups -OCH3 is 1. The molecule has 0 saturated heterocycles. The number of benzene rings is 2. The summed E-state index contributed by atoms with van der Waals surface area (Å²) >= 11 is 6.12. The van der Waals surface area contributed by atoms with Crippen LogP contribution in [0.1, 0.15) is 11.1 Å². The molecule has 2 aromatic rings. The van der Waals surface area contributed by atoms with Gasteiger partial charge in [0.1, 0.15) is 5.75 Å². The number of nitrogens with zero attached hydrogens (tertiary/aromatic N) is 1. The van der Waals surface area contributed by atoms with E-state index in [0.717, 1.165) is 29.1 Å². The van der Waals surface area contributed by atoms with E-state index in [1.807, 2.05) is 43.4 Å². The maximum Gasteiger partial charge on any atom is 0.119 e. The first kappa shape index (κ1) is 14.7. The lowest BCUT2D eigenvalue weighted by Gasteiger charge is -2.20. The van der Waals surface area contributed by atoms with Crippen LogP contribution >= 0.6 is 11.6 Å². The highest BCUT2D eigenvalue weighted by Crippen LogP contribution is 2.24. The molecule has 0 saturated carbocycles. The molecule has 0 radical (unpaired) electrons. The average Bonchev–Trinajstić information content (AvgIpc) is 2.47. The van der Waals surface area contributed by atoms with E-state index in [1.165, 1.54) is 0 Å². The molecular formula is C16H18ClNO2. The molecule has 0 amide bonds. The van der Waals surface area contributed by atoms with E-state index >= 15 is 0 Å². The molecular weight excluding hydrogens is 274 g/mol. The number of rotatable bonds is 5. The Kier molecular flexibility index (Phi) is 4.88. The summed E-state index contributed by atoms with van der Waals surface area (Å²) in [6, 6.07) is 13.6. The average molecular weight is 292 g/mol. The summed E-state index contributed by atoms with van der Waals surface area (Å²) in [7, 11) is 3.67. The number of aliphatic hydroxyl groups excluding tert-OH is 1. The predicted octanol–water partition coefficient (Wildman–Crippen LogP) is 3.48. The Morgan fingerprint density at radius 3 is 2.65 bits per heavy atom. The zero-order valence-electron chi connectivity index (χ0n) is 11.6. The van der Waals surface area contributed by atoms with Gasteiger partial charge in [-0.15, -0.1) is 0 Å². The maximum atomic E-state index is 9.13. The molecule has 0 unspecified atom stereocenters. The molecule has 1 N–H and O–H groups in total. The van der Waals surface area contributed by atoms with Gasteiger partial charge in [-0.1, -0.05) is 29.8 Å². The Hall–Kier alpha value is -1.71. The summed E-state index contributed by atoms with van der Waals surface area (Å²) < 4.78 is 5.22. The van der Waals surface area contributed by atoms with Crippen LogP contribution in [0.5, 0.6) is 5.75 Å². The van der Waals surface area contributed by atoms with Crippen molar-refractivity contribution in [1.82, 2.24) is 0 Å². The summed E-state index contributed by atoms with van der Waals surface area (Å²) in [6.45, 7) is 0.713. The van der Waals surface area contributed by atoms with Gasteiger partial charge in [0.25, 0.3) is 0 Å². The second-order valence-electron chi connectivity index (χ2n) is 4.64. The minimum Gasteiger partial charge on any atom is -0.497 e. The van der Waals surface area contributed by atoms with Crippen LogP contribution in [-0.2, 0) is 13.2 Å². The number of ether oxygens (including phenoxy) is 1. The number of hydrogen-bond donors (Lipinski definition) is 1. The largest absolute Gasteiger partial charge is 0.497 e. The standard InChI is InChI=1S/C16H18ClNO2/c1-18(10-12-4-3-5-15(8-12)20-2)14-7-6-13(11-19)16(17)9-14/h3-9,19H,10-11H2,1-2H3. The van der Waals surface area contributed by atoms with Gasteiger partial charge in [-0.3, -0.25) is 0 Å². The number of halogens is 1. The summed E-state index contributed by atoms with van der Waals surface area (Å²) in [6.07, 6.45) is 0. The van der Waals surface area contributed by atoms with E-state index in [4.69, 9.17) is 21.4 Å². The summed E-state index contributed by atoms with van der Waals surface area (Å²) in [4.78, 5) is 2.10. The zero-order valence-corrected chi connectivity index (χ0v) is 12.4. The molecule has 0 aliphatic heterocycles. The molecule has 0 heterocycles. The van der Waals surface area contributed by atoms with Crippen LogP contribution < -0.4 is 9.64 Å². The lowest BCUT2D eigenvalue weighted by molar-refractivity contribution is 0.282. The Labute approximate surface area is 124 Å². The van der Waals surface area contributed by atoms with Gasteiger partial charge in [-0.25, -0.2) is 0 Å². The highest BCUT2D eigenvalue weighted by molar-refractivity contribution is 6.31. The summed E-state index contributed by atoms with van der Waals surface area (Å²) in [5.74, 6) is 0.851. The third-order valence-corrected chi connectivity index (χ3v) is 3.55. The smallest absolute Gasteiger partial charge is 0.119 e. The molecule has 3 nitrogen and oxygen atoms in total. The molecule has 2 rings (SSSR count). The first-order valence-corrected chi connectivity index (χ1v) is 6.75. The highest BCUT2D eigenvalue weighted by atomic mass is 35.5. The number of anilines is 1. The molecule has 0 atom stereocenters. The van der Waals surface area contributed by atoms with Crippen LogP contribution in [0.15, 0.2) is 42.5 Å². The third-order valence-electron chi connectivity index (χ3n) is 3.20. The summed E-state index contributed by atoms with van der Waals surface area (Å²) in [5.41, 5.74) is 2.91. The molecule has 2 aromatic carbocycles. The lowest BCUT2D eigenvalue weighted by atomic mass is 10.1. The lowest BCUT2D eigenvalue weighted by Crippen LogP contribution is -2.16. The molecule has 0 aliphatic carbocycles. The van der Waals surface area contributed by atoms with Crippen LogP contribution in [0.4, 0.5) is 5.69 Å². The second-order valence-corrected chi connectivity index (χ2v) is 5.05. The highest BCUT2D eigenvalue weighted by Gasteiger charge is 2.06. The van der Waals surface area contributed by atoms with Crippen molar-refractivity contribution in [3.05, 3.63) is 58.6 Å². The minimum absolute atomic E-state index is 0.0429. The quantitative estimate of drug-likeness (QED) is 0.915. The van der Waals surface area contributed by atoms with Gasteiger partial charge in [0.15, 0.2) is 0 Å². The van der Waals surface area contributed by atoms with Crippen LogP contribution in [0.3, 0.4) is 0 Å². The van der Waals surface area contributed by atoms with Crippen molar-refractivity contribution in [3.8, 4) is 5.75 Å². The second kappa shape index (κ2) is 6.64. The fourth-order valence-corrected chi connectivity index (χ4v) is 2.27. The van der Waals surface area contributed by atoms with Gasteiger partial charge < -0.3 is 14.7 Å². The molecule has 106 valence electrons. The van der Waals surface area contributed by atoms with Gasteiger partial charge in [0.2, 0.25) is 0 Å². The van der Waals surface area contributed by atoms with Gasteiger partial charge >= 0.3 is 0 Å². The van der Waals surface area contributed by atoms with Gasteiger partial charge in [-0.2, -0.15) is 0 Å². The van der Waals surface area contributed by atoms with E-state index in [9.17, 15) is 0 Å². The van der Waals surface area contributed by atoms with Gasteiger partial charge in [-0.05, 0) is 35.4 Å². The van der Waals surface area contributed by atoms with Crippen molar-refractivity contribution in [1.29, 1.82) is 0 Å². The van der Waals surface area contributed by atoms with E-state index < -0.39 is 0 Å². The fraction of sp³-hybridized carbons (Fsp3) is 0.250. The van der Waals surface area contributed by atoms with Crippen molar-refractivity contribution in [3.63, 3.8) is 0 Å². The molecule has 0 fully saturated rings. The SMILES string of the molecule is COc1cccc(CN(C)c2ccc(CO)c(Cl)c2)c1. The third kappa shape index (κ3) is 3.44. The molecule has 0 aliphatic rings. The number of aliphatic hydroxyl groups is 1. The van der Waals surface area contributed by atoms with Crippen molar-refractivity contribution in [2.75, 3.05) is 19.1 Å². The Balaban J connectivity index is 2.14. The summed E-state index contributed by atoms with van der Waals surface area (Å²) in [5, 5.41) is 9.71. The first-order valence-electron chi connectivity index (χ1n) is 6.37. The topological polar surface area (TPSA) is 32.7 Å². The van der Waals surface area contributed by atoms with Gasteiger partial charge in [0.05, 0.1) is 13.7 Å². The molecule has 0 bridgehead atoms. The Morgan fingerprint density at radius 1 is 1.20 bits per heavy atom. The van der Waals surface area contributed by atoms with Gasteiger partial charge in [0, 0.05) is 24.3 Å². The van der Waals surface area contributed by atoms with Crippen LogP contribution in [0.2, 0.25) is 5.02 Å². The molecule has 0 aromatic heterocycles. The van der Waals surface area contributed by atoms with Crippen molar-refractivity contribution in [2.24, 2.45) is 0 Å². The molecule has 20 heavy (non-hydrogen) atoms. The fourth-order valence-electron chi connectivity index (χ4n) is 2.04. The monoisotopic (exact) mass is 291 g/mol. The predicted molar refractivity (Wildman–Crippen MR) is 82.5 cm³/mol. The van der Waals surface area contributed by atoms with E-state index in [1.54, 1.807) is 7.11 Å². The molecule has 0 spiro atoms. The number of hydrogen-bond acceptors (Lipinski definition) is 3. The van der Waals surface area contributed by atoms with E-state index in [-0.39, 0.29) is 6.61 Å². The minimum atomic E-state index is -0.0429. The van der Waals surface area contributed by atoms with Crippen molar-refractivity contribution < 1.29 is 9.84 Å². The van der Waals surface area contributed by atoms with E-state index in [0.29, 0.717) is 5.02 Å². The van der Waals surface area contributed by atoms with Crippen molar-refractivity contribution >= 4 is 17.3 Å².